The Morgan fingerprint density at radius 2 is 1.89 bits per heavy atom. The number of carbonyl (C=O) groups excluding carboxylic acids is 2. The van der Waals surface area contributed by atoms with Gasteiger partial charge in [-0.05, 0) is 91.5 Å². The van der Waals surface area contributed by atoms with Crippen molar-refractivity contribution in [2.75, 3.05) is 6.54 Å². The highest BCUT2D eigenvalue weighted by molar-refractivity contribution is 5.99. The van der Waals surface area contributed by atoms with Crippen LogP contribution in [0.3, 0.4) is 0 Å². The SMILES string of the molecule is Cc1c(-c2cc3ccc(-c4ccc5c(c4)CNC5=O)cc3n2CC2CC2)nn2cc(C(=O)N3CC4CCC3[C@@H]4N)cc(F)c12. The zero-order valence-electron chi connectivity index (χ0n) is 24.5. The topological polar surface area (TPSA) is 97.7 Å². The molecule has 2 aliphatic heterocycles. The molecule has 0 spiro atoms. The molecule has 1 saturated heterocycles. The van der Waals surface area contributed by atoms with Crippen molar-refractivity contribution in [2.45, 2.75) is 57.8 Å². The Morgan fingerprint density at radius 1 is 1.07 bits per heavy atom. The molecule has 0 radical (unpaired) electrons. The molecule has 3 N–H and O–H groups in total. The number of amides is 2. The van der Waals surface area contributed by atoms with Crippen LogP contribution in [0.15, 0.2) is 54.7 Å². The average Bonchev–Trinajstić information content (AvgIpc) is 3.24. The van der Waals surface area contributed by atoms with Gasteiger partial charge in [0.1, 0.15) is 17.0 Å². The van der Waals surface area contributed by atoms with Crippen molar-refractivity contribution in [1.29, 1.82) is 0 Å². The van der Waals surface area contributed by atoms with Crippen molar-refractivity contribution in [3.63, 3.8) is 0 Å². The van der Waals surface area contributed by atoms with Gasteiger partial charge in [0.25, 0.3) is 11.8 Å². The molecule has 5 aromatic rings. The van der Waals surface area contributed by atoms with E-state index in [1.165, 1.54) is 18.9 Å². The molecule has 2 saturated carbocycles. The third-order valence-electron chi connectivity index (χ3n) is 10.5. The first kappa shape index (κ1) is 25.9. The number of piperidine rings is 1. The molecule has 2 bridgehead atoms. The molecule has 3 aromatic heterocycles. The van der Waals surface area contributed by atoms with Crippen molar-refractivity contribution >= 4 is 28.2 Å². The van der Waals surface area contributed by atoms with Crippen molar-refractivity contribution in [1.82, 2.24) is 24.4 Å². The summed E-state index contributed by atoms with van der Waals surface area (Å²) in [5.74, 6) is 0.287. The Hall–Kier alpha value is -4.50. The maximum absolute atomic E-state index is 15.7. The molecule has 8 nitrogen and oxygen atoms in total. The van der Waals surface area contributed by atoms with Crippen molar-refractivity contribution < 1.29 is 14.0 Å². The first-order valence-electron chi connectivity index (χ1n) is 15.6. The maximum atomic E-state index is 15.7. The Kier molecular flexibility index (Phi) is 5.46. The molecular weight excluding hydrogens is 555 g/mol. The van der Waals surface area contributed by atoms with E-state index < -0.39 is 5.82 Å². The second-order valence-electron chi connectivity index (χ2n) is 13.2. The number of rotatable bonds is 5. The average molecular weight is 589 g/mol. The second kappa shape index (κ2) is 9.25. The van der Waals surface area contributed by atoms with Crippen LogP contribution in [0, 0.1) is 24.6 Å². The number of carbonyl (C=O) groups is 2. The van der Waals surface area contributed by atoms with Crippen LogP contribution in [0.4, 0.5) is 4.39 Å². The van der Waals surface area contributed by atoms with Crippen molar-refractivity contribution in [3.8, 4) is 22.5 Å². The fourth-order valence-electron chi connectivity index (χ4n) is 7.88. The van der Waals surface area contributed by atoms with Gasteiger partial charge in [0, 0.05) is 59.9 Å². The molecule has 5 heterocycles. The Bertz CT molecular complexity index is 2060. The zero-order valence-corrected chi connectivity index (χ0v) is 24.5. The number of benzene rings is 2. The molecule has 44 heavy (non-hydrogen) atoms. The predicted molar refractivity (Wildman–Crippen MR) is 166 cm³/mol. The van der Waals surface area contributed by atoms with Gasteiger partial charge in [-0.3, -0.25) is 9.59 Å². The summed E-state index contributed by atoms with van der Waals surface area (Å²) in [6.07, 6.45) is 6.01. The summed E-state index contributed by atoms with van der Waals surface area (Å²) in [4.78, 5) is 27.4. The van der Waals surface area contributed by atoms with Crippen LogP contribution in [0.25, 0.3) is 38.9 Å². The zero-order chi connectivity index (χ0) is 29.9. The second-order valence-corrected chi connectivity index (χ2v) is 13.2. The first-order chi connectivity index (χ1) is 21.3. The molecule has 9 rings (SSSR count). The van der Waals surface area contributed by atoms with Crippen LogP contribution in [-0.2, 0) is 13.1 Å². The number of nitrogens with one attached hydrogen (secondary N) is 1. The minimum atomic E-state index is -0.447. The van der Waals surface area contributed by atoms with Crippen molar-refractivity contribution in [2.24, 2.45) is 17.6 Å². The number of nitrogens with two attached hydrogens (primary N) is 1. The summed E-state index contributed by atoms with van der Waals surface area (Å²) in [7, 11) is 0. The van der Waals surface area contributed by atoms with Gasteiger partial charge in [0.05, 0.1) is 11.3 Å². The summed E-state index contributed by atoms with van der Waals surface area (Å²) < 4.78 is 19.6. The summed E-state index contributed by atoms with van der Waals surface area (Å²) in [5, 5.41) is 8.90. The van der Waals surface area contributed by atoms with Crippen LogP contribution in [0.2, 0.25) is 0 Å². The third kappa shape index (κ3) is 3.81. The Morgan fingerprint density at radius 3 is 2.66 bits per heavy atom. The van der Waals surface area contributed by atoms with Crippen LogP contribution >= 0.6 is 0 Å². The van der Waals surface area contributed by atoms with E-state index in [9.17, 15) is 9.59 Å². The monoisotopic (exact) mass is 588 g/mol. The van der Waals surface area contributed by atoms with Crippen LogP contribution in [0.5, 0.6) is 0 Å². The number of halogens is 1. The molecular formula is C35H33FN6O2. The predicted octanol–water partition coefficient (Wildman–Crippen LogP) is 5.29. The number of pyridine rings is 1. The molecule has 4 aliphatic rings. The summed E-state index contributed by atoms with van der Waals surface area (Å²) in [6, 6.07) is 16.0. The molecule has 222 valence electrons. The van der Waals surface area contributed by atoms with E-state index in [1.54, 1.807) is 10.7 Å². The van der Waals surface area contributed by atoms with Gasteiger partial charge >= 0.3 is 0 Å². The summed E-state index contributed by atoms with van der Waals surface area (Å²) >= 11 is 0. The lowest BCUT2D eigenvalue weighted by Gasteiger charge is -2.27. The lowest BCUT2D eigenvalue weighted by atomic mass is 9.99. The van der Waals surface area contributed by atoms with Gasteiger partial charge < -0.3 is 20.5 Å². The quantitative estimate of drug-likeness (QED) is 0.292. The van der Waals surface area contributed by atoms with E-state index in [0.717, 1.165) is 69.5 Å². The van der Waals surface area contributed by atoms with Gasteiger partial charge in [0.2, 0.25) is 0 Å². The molecule has 3 fully saturated rings. The molecule has 3 atom stereocenters. The number of aromatic nitrogens is 3. The maximum Gasteiger partial charge on any atom is 0.255 e. The fraction of sp³-hybridized carbons (Fsp3) is 0.343. The van der Waals surface area contributed by atoms with E-state index in [1.807, 2.05) is 24.0 Å². The number of fused-ring (bicyclic) bond motifs is 5. The van der Waals surface area contributed by atoms with E-state index >= 15 is 4.39 Å². The molecule has 2 amide bonds. The number of likely N-dealkylation sites (tertiary alicyclic amines) is 1. The van der Waals surface area contributed by atoms with Gasteiger partial charge in [-0.1, -0.05) is 18.2 Å². The van der Waals surface area contributed by atoms with Crippen molar-refractivity contribution in [3.05, 3.63) is 82.8 Å². The highest BCUT2D eigenvalue weighted by Crippen LogP contribution is 2.40. The van der Waals surface area contributed by atoms with Gasteiger partial charge in [-0.15, -0.1) is 0 Å². The van der Waals surface area contributed by atoms with E-state index in [0.29, 0.717) is 36.0 Å². The molecule has 2 aliphatic carbocycles. The van der Waals surface area contributed by atoms with Gasteiger partial charge in [-0.25, -0.2) is 8.91 Å². The normalized spacial score (nSPS) is 22.4. The van der Waals surface area contributed by atoms with Crippen LogP contribution in [0.1, 0.15) is 57.5 Å². The van der Waals surface area contributed by atoms with E-state index in [-0.39, 0.29) is 23.9 Å². The number of hydrogen-bond donors (Lipinski definition) is 2. The highest BCUT2D eigenvalue weighted by atomic mass is 19.1. The highest BCUT2D eigenvalue weighted by Gasteiger charge is 2.47. The smallest absolute Gasteiger partial charge is 0.255 e. The third-order valence-corrected chi connectivity index (χ3v) is 10.5. The molecule has 9 heteroatoms. The van der Waals surface area contributed by atoms with E-state index in [4.69, 9.17) is 10.8 Å². The van der Waals surface area contributed by atoms with Gasteiger partial charge in [0.15, 0.2) is 0 Å². The molecule has 2 aromatic carbocycles. The minimum absolute atomic E-state index is 0.00360. The van der Waals surface area contributed by atoms with E-state index in [2.05, 4.69) is 40.2 Å². The fourth-order valence-corrected chi connectivity index (χ4v) is 7.88. The molecule has 2 unspecified atom stereocenters. The number of aryl methyl sites for hydroxylation is 1. The minimum Gasteiger partial charge on any atom is -0.348 e. The number of hydrogen-bond acceptors (Lipinski definition) is 4. The number of nitrogens with zero attached hydrogens (tertiary/aromatic N) is 4. The largest absolute Gasteiger partial charge is 0.348 e. The lowest BCUT2D eigenvalue weighted by Crippen LogP contribution is -2.41. The summed E-state index contributed by atoms with van der Waals surface area (Å²) in [5.41, 5.74) is 14.5. The summed E-state index contributed by atoms with van der Waals surface area (Å²) in [6.45, 7) is 3.96. The standard InChI is InChI=1S/C35H33FN6O2/c1-18-32(39-42-17-25(11-27(36)33(18)42)35(44)41-16-23-7-9-28(41)31(23)37)30-13-22-5-4-21(12-29(22)40(30)15-19-2-3-19)20-6-8-26-24(10-20)14-38-34(26)43/h4-6,8,10-13,17,19,23,28,31H,2-3,7,9,14-16,37H2,1H3,(H,38,43)/t23?,28?,31-/m1/s1. The lowest BCUT2D eigenvalue weighted by molar-refractivity contribution is 0.0699. The van der Waals surface area contributed by atoms with Crippen LogP contribution < -0.4 is 11.1 Å². The Balaban J connectivity index is 1.13. The van der Waals surface area contributed by atoms with Gasteiger partial charge in [-0.2, -0.15) is 5.10 Å². The Labute approximate surface area is 253 Å². The van der Waals surface area contributed by atoms with Crippen LogP contribution in [-0.4, -0.2) is 49.5 Å². The first-order valence-corrected chi connectivity index (χ1v) is 15.6.